The van der Waals surface area contributed by atoms with Crippen molar-refractivity contribution in [1.29, 1.82) is 0 Å². The van der Waals surface area contributed by atoms with E-state index in [2.05, 4.69) is 48.2 Å². The molecule has 2 rings (SSSR count). The lowest BCUT2D eigenvalue weighted by Gasteiger charge is -2.33. The van der Waals surface area contributed by atoms with Crippen molar-refractivity contribution in [3.05, 3.63) is 24.3 Å². The van der Waals surface area contributed by atoms with Gasteiger partial charge in [-0.25, -0.2) is 0 Å². The molecule has 0 bridgehead atoms. The number of allylic oxidation sites excluding steroid dienone is 2. The predicted molar refractivity (Wildman–Crippen MR) is 55.7 cm³/mol. The molecule has 0 radical (unpaired) electrons. The zero-order valence-electron chi connectivity index (χ0n) is 8.48. The molecule has 72 valence electrons. The first-order valence-corrected chi connectivity index (χ1v) is 5.04. The maximum absolute atomic E-state index is 2.45. The SMILES string of the molecule is CN1CCCN(C)C2C=CC=CC21. The normalized spacial score (nSPS) is 35.8. The third-order valence-electron chi connectivity index (χ3n) is 3.12. The Hall–Kier alpha value is -0.600. The lowest BCUT2D eigenvalue weighted by Crippen LogP contribution is -2.45. The molecule has 0 aromatic rings. The van der Waals surface area contributed by atoms with Gasteiger partial charge in [0.25, 0.3) is 0 Å². The van der Waals surface area contributed by atoms with Crippen LogP contribution in [0.5, 0.6) is 0 Å². The highest BCUT2D eigenvalue weighted by molar-refractivity contribution is 5.21. The van der Waals surface area contributed by atoms with Gasteiger partial charge in [0.1, 0.15) is 0 Å². The Bertz CT molecular complexity index is 208. The Kier molecular flexibility index (Phi) is 2.51. The van der Waals surface area contributed by atoms with Gasteiger partial charge >= 0.3 is 0 Å². The number of hydrogen-bond acceptors (Lipinski definition) is 2. The van der Waals surface area contributed by atoms with Crippen LogP contribution in [0.4, 0.5) is 0 Å². The molecule has 1 heterocycles. The predicted octanol–water partition coefficient (Wildman–Crippen LogP) is 1.12. The molecule has 0 N–H and O–H groups in total. The van der Waals surface area contributed by atoms with Crippen LogP contribution >= 0.6 is 0 Å². The van der Waals surface area contributed by atoms with E-state index in [4.69, 9.17) is 0 Å². The summed E-state index contributed by atoms with van der Waals surface area (Å²) in [6.45, 7) is 2.42. The average Bonchev–Trinajstić information content (AvgIpc) is 2.29. The summed E-state index contributed by atoms with van der Waals surface area (Å²) in [5.41, 5.74) is 0. The second-order valence-electron chi connectivity index (χ2n) is 4.07. The lowest BCUT2D eigenvalue weighted by atomic mass is 10.0. The van der Waals surface area contributed by atoms with Gasteiger partial charge in [0, 0.05) is 12.1 Å². The van der Waals surface area contributed by atoms with E-state index in [1.54, 1.807) is 0 Å². The second-order valence-corrected chi connectivity index (χ2v) is 4.07. The van der Waals surface area contributed by atoms with E-state index in [0.717, 1.165) is 0 Å². The maximum atomic E-state index is 2.45. The van der Waals surface area contributed by atoms with Gasteiger partial charge in [-0.2, -0.15) is 0 Å². The highest BCUT2D eigenvalue weighted by Gasteiger charge is 2.27. The molecule has 2 unspecified atom stereocenters. The third-order valence-corrected chi connectivity index (χ3v) is 3.12. The zero-order valence-corrected chi connectivity index (χ0v) is 8.48. The monoisotopic (exact) mass is 178 g/mol. The third kappa shape index (κ3) is 1.69. The van der Waals surface area contributed by atoms with Crippen LogP contribution in [-0.2, 0) is 0 Å². The summed E-state index contributed by atoms with van der Waals surface area (Å²) in [5, 5.41) is 0. The van der Waals surface area contributed by atoms with Crippen LogP contribution in [0.25, 0.3) is 0 Å². The molecule has 0 aromatic heterocycles. The quantitative estimate of drug-likeness (QED) is 0.548. The molecule has 0 amide bonds. The Morgan fingerprint density at radius 3 is 1.85 bits per heavy atom. The summed E-state index contributed by atoms with van der Waals surface area (Å²) in [7, 11) is 4.45. The van der Waals surface area contributed by atoms with Crippen LogP contribution in [0.2, 0.25) is 0 Å². The smallest absolute Gasteiger partial charge is 0.0469 e. The van der Waals surface area contributed by atoms with Crippen molar-refractivity contribution >= 4 is 0 Å². The Morgan fingerprint density at radius 2 is 1.38 bits per heavy atom. The summed E-state index contributed by atoms with van der Waals surface area (Å²) in [4.78, 5) is 4.91. The number of nitrogens with zero attached hydrogens (tertiary/aromatic N) is 2. The zero-order chi connectivity index (χ0) is 9.26. The van der Waals surface area contributed by atoms with Crippen molar-refractivity contribution < 1.29 is 0 Å². The van der Waals surface area contributed by atoms with Crippen LogP contribution in [0.1, 0.15) is 6.42 Å². The number of likely N-dealkylation sites (N-methyl/N-ethyl adjacent to an activating group) is 2. The molecule has 1 fully saturated rings. The Labute approximate surface area is 80.5 Å². The molecule has 2 heteroatoms. The van der Waals surface area contributed by atoms with E-state index >= 15 is 0 Å². The molecular weight excluding hydrogens is 160 g/mol. The molecule has 1 aliphatic heterocycles. The van der Waals surface area contributed by atoms with Crippen LogP contribution in [0.15, 0.2) is 24.3 Å². The van der Waals surface area contributed by atoms with Gasteiger partial charge < -0.3 is 0 Å². The summed E-state index contributed by atoms with van der Waals surface area (Å²) in [6, 6.07) is 1.16. The highest BCUT2D eigenvalue weighted by Crippen LogP contribution is 2.19. The molecule has 2 atom stereocenters. The van der Waals surface area contributed by atoms with E-state index in [0.29, 0.717) is 12.1 Å². The Balaban J connectivity index is 2.20. The molecule has 13 heavy (non-hydrogen) atoms. The van der Waals surface area contributed by atoms with Gasteiger partial charge in [0.05, 0.1) is 0 Å². The number of rotatable bonds is 0. The topological polar surface area (TPSA) is 6.48 Å². The summed E-state index contributed by atoms with van der Waals surface area (Å²) in [6.07, 6.45) is 10.2. The van der Waals surface area contributed by atoms with Gasteiger partial charge in [0.15, 0.2) is 0 Å². The minimum Gasteiger partial charge on any atom is -0.298 e. The second kappa shape index (κ2) is 3.64. The van der Waals surface area contributed by atoms with Gasteiger partial charge in [-0.15, -0.1) is 0 Å². The first-order chi connectivity index (χ1) is 6.29. The fourth-order valence-corrected chi connectivity index (χ4v) is 2.27. The number of hydrogen-bond donors (Lipinski definition) is 0. The molecule has 0 saturated carbocycles. The van der Waals surface area contributed by atoms with Crippen molar-refractivity contribution in [1.82, 2.24) is 9.80 Å². The fourth-order valence-electron chi connectivity index (χ4n) is 2.27. The average molecular weight is 178 g/mol. The summed E-state index contributed by atoms with van der Waals surface area (Å²) >= 11 is 0. The minimum atomic E-state index is 0.581. The van der Waals surface area contributed by atoms with Crippen LogP contribution in [0.3, 0.4) is 0 Å². The van der Waals surface area contributed by atoms with Crippen LogP contribution in [0, 0.1) is 0 Å². The van der Waals surface area contributed by atoms with Crippen molar-refractivity contribution in [3.63, 3.8) is 0 Å². The van der Waals surface area contributed by atoms with Crippen LogP contribution < -0.4 is 0 Å². The van der Waals surface area contributed by atoms with E-state index in [-0.39, 0.29) is 0 Å². The summed E-state index contributed by atoms with van der Waals surface area (Å²) < 4.78 is 0. The molecular formula is C11H18N2. The van der Waals surface area contributed by atoms with Gasteiger partial charge in [-0.1, -0.05) is 24.3 Å². The van der Waals surface area contributed by atoms with Crippen molar-refractivity contribution in [2.24, 2.45) is 0 Å². The molecule has 2 aliphatic rings. The highest BCUT2D eigenvalue weighted by atomic mass is 15.2. The largest absolute Gasteiger partial charge is 0.298 e. The minimum absolute atomic E-state index is 0.581. The molecule has 1 saturated heterocycles. The molecule has 2 nitrogen and oxygen atoms in total. The molecule has 0 spiro atoms. The van der Waals surface area contributed by atoms with E-state index in [1.807, 2.05) is 0 Å². The fraction of sp³-hybridized carbons (Fsp3) is 0.636. The summed E-state index contributed by atoms with van der Waals surface area (Å²) in [5.74, 6) is 0. The van der Waals surface area contributed by atoms with Crippen molar-refractivity contribution in [2.45, 2.75) is 18.5 Å². The van der Waals surface area contributed by atoms with Gasteiger partial charge in [0.2, 0.25) is 0 Å². The van der Waals surface area contributed by atoms with Crippen molar-refractivity contribution in [3.8, 4) is 0 Å². The first kappa shape index (κ1) is 8.97. The van der Waals surface area contributed by atoms with E-state index in [9.17, 15) is 0 Å². The molecule has 1 aliphatic carbocycles. The Morgan fingerprint density at radius 1 is 0.923 bits per heavy atom. The van der Waals surface area contributed by atoms with Crippen molar-refractivity contribution in [2.75, 3.05) is 27.2 Å². The lowest BCUT2D eigenvalue weighted by molar-refractivity contribution is 0.215. The van der Waals surface area contributed by atoms with Gasteiger partial charge in [-0.3, -0.25) is 9.80 Å². The van der Waals surface area contributed by atoms with Crippen LogP contribution in [-0.4, -0.2) is 49.1 Å². The van der Waals surface area contributed by atoms with Gasteiger partial charge in [-0.05, 0) is 33.6 Å². The van der Waals surface area contributed by atoms with E-state index in [1.165, 1.54) is 19.5 Å². The standard InChI is InChI=1S/C11H18N2/c1-12-8-5-9-13(2)11-7-4-3-6-10(11)12/h3-4,6-7,10-11H,5,8-9H2,1-2H3. The molecule has 0 aromatic carbocycles. The van der Waals surface area contributed by atoms with E-state index < -0.39 is 0 Å². The maximum Gasteiger partial charge on any atom is 0.0469 e. The number of fused-ring (bicyclic) bond motifs is 1. The first-order valence-electron chi connectivity index (χ1n) is 5.04.